The van der Waals surface area contributed by atoms with Crippen molar-refractivity contribution in [3.63, 3.8) is 0 Å². The number of amides is 6. The molecule has 0 spiro atoms. The van der Waals surface area contributed by atoms with Crippen molar-refractivity contribution in [3.8, 4) is 0 Å². The zero-order chi connectivity index (χ0) is 29.8. The van der Waals surface area contributed by atoms with Crippen LogP contribution < -0.4 is 32.3 Å². The van der Waals surface area contributed by atoms with Crippen LogP contribution in [0.3, 0.4) is 0 Å². The van der Waals surface area contributed by atoms with E-state index in [0.29, 0.717) is 24.3 Å². The zero-order valence-corrected chi connectivity index (χ0v) is 22.4. The molecule has 8 N–H and O–H groups in total. The number of benzene rings is 2. The van der Waals surface area contributed by atoms with E-state index in [-0.39, 0.29) is 0 Å². The Bertz CT molecular complexity index is 1210. The van der Waals surface area contributed by atoms with Crippen molar-refractivity contribution in [2.75, 3.05) is 23.7 Å². The highest BCUT2D eigenvalue weighted by atomic mass is 16.6. The summed E-state index contributed by atoms with van der Waals surface area (Å²) in [6, 6.07) is 14.9. The van der Waals surface area contributed by atoms with Gasteiger partial charge in [0.25, 0.3) is 5.91 Å². The molecule has 1 fully saturated rings. The third-order valence-electron chi connectivity index (χ3n) is 6.10. The Balaban J connectivity index is 1.90. The number of nitrogens with two attached hydrogens (primary N) is 1. The van der Waals surface area contributed by atoms with E-state index in [4.69, 9.17) is 15.2 Å². The van der Waals surface area contributed by atoms with Gasteiger partial charge < -0.3 is 36.3 Å². The van der Waals surface area contributed by atoms with Crippen molar-refractivity contribution >= 4 is 41.4 Å². The summed E-state index contributed by atoms with van der Waals surface area (Å²) in [4.78, 5) is 62.5. The second-order valence-corrected chi connectivity index (χ2v) is 9.39. The summed E-state index contributed by atoms with van der Waals surface area (Å²) in [6.45, 7) is 1.61. The molecule has 0 aliphatic heterocycles. The van der Waals surface area contributed by atoms with Gasteiger partial charge in [-0.25, -0.2) is 14.4 Å². The predicted octanol–water partition coefficient (Wildman–Crippen LogP) is 1.43. The fraction of sp³-hybridized carbons (Fsp3) is 0.370. The topological polar surface area (TPSA) is 210 Å². The fourth-order valence-electron chi connectivity index (χ4n) is 4.25. The van der Waals surface area contributed by atoms with Crippen LogP contribution >= 0.6 is 0 Å². The molecule has 0 radical (unpaired) electrons. The Morgan fingerprint density at radius 1 is 0.878 bits per heavy atom. The molecule has 4 unspecified atom stereocenters. The number of para-hydroxylation sites is 2. The molecule has 2 aromatic rings. The Morgan fingerprint density at radius 3 is 1.98 bits per heavy atom. The fourth-order valence-corrected chi connectivity index (χ4v) is 4.25. The first-order valence-electron chi connectivity index (χ1n) is 13.0. The molecule has 1 saturated carbocycles. The molecule has 1 aliphatic rings. The minimum Gasteiger partial charge on any atom is -0.442 e. The van der Waals surface area contributed by atoms with Crippen molar-refractivity contribution in [1.82, 2.24) is 16.0 Å². The predicted molar refractivity (Wildman–Crippen MR) is 148 cm³/mol. The van der Waals surface area contributed by atoms with Crippen LogP contribution in [0.25, 0.3) is 0 Å². The lowest BCUT2D eigenvalue weighted by Crippen LogP contribution is -2.65. The zero-order valence-electron chi connectivity index (χ0n) is 22.4. The average molecular weight is 571 g/mol. The molecule has 4 atom stereocenters. The molecule has 6 amide bonds. The third kappa shape index (κ3) is 9.39. The normalized spacial score (nSPS) is 21.5. The molecule has 0 aromatic heterocycles. The van der Waals surface area contributed by atoms with E-state index in [1.54, 1.807) is 60.7 Å². The monoisotopic (exact) mass is 570 g/mol. The molecule has 14 nitrogen and oxygen atoms in total. The highest BCUT2D eigenvalue weighted by Crippen LogP contribution is 2.33. The highest BCUT2D eigenvalue weighted by molar-refractivity contribution is 5.90. The van der Waals surface area contributed by atoms with Gasteiger partial charge in [0.15, 0.2) is 6.10 Å². The van der Waals surface area contributed by atoms with Crippen molar-refractivity contribution in [2.45, 2.75) is 50.0 Å². The molecule has 0 saturated heterocycles. The Hall–Kier alpha value is -4.85. The van der Waals surface area contributed by atoms with E-state index >= 15 is 0 Å². The summed E-state index contributed by atoms with van der Waals surface area (Å²) in [5, 5.41) is 23.9. The molecule has 0 heterocycles. The standard InChI is InChI=1S/C27H34N6O8/c1-2-13-29-24(36)33-19-14-27(39,23(35)30-16-21(28)34)15-20(40-25(37)31-17-9-5-3-6-10-17)22(19)41-26(38)32-18-11-7-4-8-12-18/h3-12,19-20,22,39H,2,13-16H2,1H3,(H2,28,34)(H,30,35)(H,31,37)(H,32,38)(H2,29,33,36). The summed E-state index contributed by atoms with van der Waals surface area (Å²) in [6.07, 6.45) is -5.00. The molecule has 1 aliphatic carbocycles. The molecule has 220 valence electrons. The number of primary amides is 1. The van der Waals surface area contributed by atoms with Gasteiger partial charge in [-0.05, 0) is 30.7 Å². The first-order chi connectivity index (χ1) is 19.6. The Labute approximate surface area is 236 Å². The number of rotatable bonds is 10. The van der Waals surface area contributed by atoms with Crippen LogP contribution in [-0.2, 0) is 19.1 Å². The SMILES string of the molecule is CCCNC(=O)NC1CC(O)(C(=O)NCC(N)=O)CC(OC(=O)Nc2ccccc2)C1OC(=O)Nc1ccccc1. The lowest BCUT2D eigenvalue weighted by molar-refractivity contribution is -0.157. The molecule has 0 bridgehead atoms. The van der Waals surface area contributed by atoms with Gasteiger partial charge in [0.1, 0.15) is 11.7 Å². The number of carbonyl (C=O) groups excluding carboxylic acids is 5. The van der Waals surface area contributed by atoms with E-state index in [0.717, 1.165) is 0 Å². The van der Waals surface area contributed by atoms with E-state index in [9.17, 15) is 29.1 Å². The smallest absolute Gasteiger partial charge is 0.412 e. The van der Waals surface area contributed by atoms with Crippen molar-refractivity contribution in [2.24, 2.45) is 5.73 Å². The van der Waals surface area contributed by atoms with Crippen LogP contribution in [-0.4, -0.2) is 72.1 Å². The molecule has 14 heteroatoms. The summed E-state index contributed by atoms with van der Waals surface area (Å²) in [5.41, 5.74) is 3.69. The number of carbonyl (C=O) groups is 5. The number of hydrogen-bond acceptors (Lipinski definition) is 8. The van der Waals surface area contributed by atoms with Crippen LogP contribution in [0.15, 0.2) is 60.7 Å². The Morgan fingerprint density at radius 2 is 1.44 bits per heavy atom. The highest BCUT2D eigenvalue weighted by Gasteiger charge is 2.53. The first-order valence-corrected chi connectivity index (χ1v) is 13.0. The summed E-state index contributed by atoms with van der Waals surface area (Å²) < 4.78 is 11.2. The number of aliphatic hydroxyl groups is 1. The van der Waals surface area contributed by atoms with Gasteiger partial charge in [0.2, 0.25) is 5.91 Å². The number of urea groups is 1. The first kappa shape index (κ1) is 30.7. The van der Waals surface area contributed by atoms with Crippen molar-refractivity contribution in [1.29, 1.82) is 0 Å². The van der Waals surface area contributed by atoms with E-state index in [1.165, 1.54) is 0 Å². The van der Waals surface area contributed by atoms with Crippen LogP contribution in [0.4, 0.5) is 25.8 Å². The summed E-state index contributed by atoms with van der Waals surface area (Å²) in [7, 11) is 0. The van der Waals surface area contributed by atoms with Gasteiger partial charge in [-0.3, -0.25) is 20.2 Å². The van der Waals surface area contributed by atoms with E-state index in [2.05, 4.69) is 26.6 Å². The Kier molecular flexibility index (Phi) is 10.9. The average Bonchev–Trinajstić information content (AvgIpc) is 2.93. The number of ether oxygens (including phenoxy) is 2. The minimum absolute atomic E-state index is 0.321. The van der Waals surface area contributed by atoms with Crippen molar-refractivity contribution < 1.29 is 38.6 Å². The van der Waals surface area contributed by atoms with E-state index in [1.807, 2.05) is 6.92 Å². The lowest BCUT2D eigenvalue weighted by atomic mass is 9.77. The van der Waals surface area contributed by atoms with Crippen molar-refractivity contribution in [3.05, 3.63) is 60.7 Å². The van der Waals surface area contributed by atoms with Crippen LogP contribution in [0.1, 0.15) is 26.2 Å². The molecular weight excluding hydrogens is 536 g/mol. The maximum Gasteiger partial charge on any atom is 0.412 e. The number of anilines is 2. The quantitative estimate of drug-likeness (QED) is 0.221. The minimum atomic E-state index is -2.24. The van der Waals surface area contributed by atoms with Gasteiger partial charge in [-0.1, -0.05) is 43.3 Å². The second-order valence-electron chi connectivity index (χ2n) is 9.39. The number of nitrogens with one attached hydrogen (secondary N) is 5. The van der Waals surface area contributed by atoms with Crippen LogP contribution in [0, 0.1) is 0 Å². The maximum absolute atomic E-state index is 12.9. The third-order valence-corrected chi connectivity index (χ3v) is 6.10. The van der Waals surface area contributed by atoms with Crippen LogP contribution in [0.5, 0.6) is 0 Å². The van der Waals surface area contributed by atoms with Gasteiger partial charge in [-0.2, -0.15) is 0 Å². The lowest BCUT2D eigenvalue weighted by Gasteiger charge is -2.43. The number of hydrogen-bond donors (Lipinski definition) is 7. The molecule has 3 rings (SSSR count). The largest absolute Gasteiger partial charge is 0.442 e. The van der Waals surface area contributed by atoms with Gasteiger partial charge in [0, 0.05) is 30.8 Å². The van der Waals surface area contributed by atoms with Gasteiger partial charge in [0.05, 0.1) is 12.6 Å². The second kappa shape index (κ2) is 14.5. The molecule has 41 heavy (non-hydrogen) atoms. The van der Waals surface area contributed by atoms with E-state index < -0.39 is 73.3 Å². The van der Waals surface area contributed by atoms with Gasteiger partial charge in [-0.15, -0.1) is 0 Å². The van der Waals surface area contributed by atoms with Crippen LogP contribution in [0.2, 0.25) is 0 Å². The maximum atomic E-state index is 12.9. The molecule has 2 aromatic carbocycles. The molecular formula is C27H34N6O8. The summed E-state index contributed by atoms with van der Waals surface area (Å²) in [5.74, 6) is -1.83. The summed E-state index contributed by atoms with van der Waals surface area (Å²) >= 11 is 0. The van der Waals surface area contributed by atoms with Gasteiger partial charge >= 0.3 is 18.2 Å².